The molecule has 1 amide bonds. The van der Waals surface area contributed by atoms with Crippen molar-refractivity contribution in [3.8, 4) is 22.8 Å². The van der Waals surface area contributed by atoms with E-state index in [0.29, 0.717) is 37.7 Å². The molecule has 3 aromatic heterocycles. The minimum absolute atomic E-state index is 0.0372. The molecule has 168 valence electrons. The average Bonchev–Trinajstić information content (AvgIpc) is 3.54. The highest BCUT2D eigenvalue weighted by Crippen LogP contribution is 2.24. The third-order valence-corrected chi connectivity index (χ3v) is 5.65. The van der Waals surface area contributed by atoms with E-state index in [4.69, 9.17) is 4.74 Å². The van der Waals surface area contributed by atoms with Crippen LogP contribution in [-0.2, 0) is 7.05 Å². The Balaban J connectivity index is 1.28. The monoisotopic (exact) mass is 445 g/mol. The number of aryl methyl sites for hydroxylation is 1. The lowest BCUT2D eigenvalue weighted by Crippen LogP contribution is -2.49. The van der Waals surface area contributed by atoms with Gasteiger partial charge >= 0.3 is 0 Å². The third kappa shape index (κ3) is 4.12. The number of carbonyl (C=O) groups is 1. The number of piperazine rings is 1. The minimum Gasteiger partial charge on any atom is -0.497 e. The molecule has 11 heteroatoms. The molecule has 0 aliphatic carbocycles. The van der Waals surface area contributed by atoms with E-state index in [1.165, 1.54) is 12.7 Å². The van der Waals surface area contributed by atoms with Crippen LogP contribution in [0.1, 0.15) is 10.5 Å². The Bertz CT molecular complexity index is 1260. The smallest absolute Gasteiger partial charge is 0.272 e. The molecular weight excluding hydrogens is 422 g/mol. The van der Waals surface area contributed by atoms with Gasteiger partial charge in [-0.05, 0) is 18.2 Å². The van der Waals surface area contributed by atoms with E-state index >= 15 is 0 Å². The fourth-order valence-electron chi connectivity index (χ4n) is 3.85. The number of aromatic nitrogens is 7. The van der Waals surface area contributed by atoms with Gasteiger partial charge in [-0.1, -0.05) is 12.1 Å². The number of hydrogen-bond acceptors (Lipinski definition) is 8. The normalized spacial score (nSPS) is 13.9. The summed E-state index contributed by atoms with van der Waals surface area (Å²) < 4.78 is 8.53. The standard InChI is InChI=1S/C22H23N9O2/c1-28-19(11-18(27-28)16-4-3-5-17(10-16)33-2)22(32)30-8-6-29(7-9-30)20-12-21(25-14-24-20)31-15-23-13-26-31/h3-5,10-15H,6-9H2,1-2H3. The van der Waals surface area contributed by atoms with Gasteiger partial charge in [-0.3, -0.25) is 9.48 Å². The fourth-order valence-corrected chi connectivity index (χ4v) is 3.85. The highest BCUT2D eigenvalue weighted by atomic mass is 16.5. The van der Waals surface area contributed by atoms with E-state index in [1.807, 2.05) is 41.3 Å². The van der Waals surface area contributed by atoms with Crippen LogP contribution in [0.3, 0.4) is 0 Å². The summed E-state index contributed by atoms with van der Waals surface area (Å²) in [4.78, 5) is 29.8. The average molecular weight is 445 g/mol. The molecule has 0 radical (unpaired) electrons. The largest absolute Gasteiger partial charge is 0.497 e. The summed E-state index contributed by atoms with van der Waals surface area (Å²) in [6.45, 7) is 2.50. The lowest BCUT2D eigenvalue weighted by atomic mass is 10.1. The highest BCUT2D eigenvalue weighted by molar-refractivity contribution is 5.94. The van der Waals surface area contributed by atoms with Crippen LogP contribution in [-0.4, -0.2) is 78.6 Å². The molecule has 1 aliphatic heterocycles. The van der Waals surface area contributed by atoms with Crippen LogP contribution in [0.15, 0.2) is 55.4 Å². The molecule has 5 rings (SSSR count). The van der Waals surface area contributed by atoms with Crippen LogP contribution < -0.4 is 9.64 Å². The van der Waals surface area contributed by atoms with Gasteiger partial charge in [-0.25, -0.2) is 19.6 Å². The lowest BCUT2D eigenvalue weighted by Gasteiger charge is -2.35. The van der Waals surface area contributed by atoms with Crippen LogP contribution in [0.2, 0.25) is 0 Å². The first-order chi connectivity index (χ1) is 16.1. The molecule has 1 aliphatic rings. The van der Waals surface area contributed by atoms with E-state index in [0.717, 1.165) is 22.8 Å². The number of rotatable bonds is 5. The Labute approximate surface area is 190 Å². The van der Waals surface area contributed by atoms with Crippen LogP contribution in [0.4, 0.5) is 5.82 Å². The molecule has 0 atom stereocenters. The Morgan fingerprint density at radius 3 is 2.58 bits per heavy atom. The van der Waals surface area contributed by atoms with Gasteiger partial charge in [0, 0.05) is 44.9 Å². The van der Waals surface area contributed by atoms with Crippen molar-refractivity contribution in [1.82, 2.24) is 39.4 Å². The maximum Gasteiger partial charge on any atom is 0.272 e. The van der Waals surface area contributed by atoms with Gasteiger partial charge in [-0.2, -0.15) is 10.2 Å². The second kappa shape index (κ2) is 8.69. The predicted octanol–water partition coefficient (Wildman–Crippen LogP) is 1.43. The number of hydrogen-bond donors (Lipinski definition) is 0. The molecule has 1 aromatic carbocycles. The van der Waals surface area contributed by atoms with Gasteiger partial charge in [-0.15, -0.1) is 0 Å². The topological polar surface area (TPSA) is 107 Å². The Morgan fingerprint density at radius 2 is 1.82 bits per heavy atom. The first-order valence-corrected chi connectivity index (χ1v) is 10.5. The zero-order valence-corrected chi connectivity index (χ0v) is 18.4. The molecule has 0 spiro atoms. The van der Waals surface area contributed by atoms with Gasteiger partial charge in [0.15, 0.2) is 5.82 Å². The summed E-state index contributed by atoms with van der Waals surface area (Å²) in [5, 5.41) is 8.65. The Hall–Kier alpha value is -4.28. The molecule has 0 bridgehead atoms. The van der Waals surface area contributed by atoms with Crippen LogP contribution >= 0.6 is 0 Å². The number of methoxy groups -OCH3 is 1. The Kier molecular flexibility index (Phi) is 5.43. The SMILES string of the molecule is COc1cccc(-c2cc(C(=O)N3CCN(c4cc(-n5cncn5)ncn4)CC3)n(C)n2)c1. The zero-order valence-electron chi connectivity index (χ0n) is 18.4. The second-order valence-corrected chi connectivity index (χ2v) is 7.62. The van der Waals surface area contributed by atoms with E-state index in [9.17, 15) is 4.79 Å². The fraction of sp³-hybridized carbons (Fsp3) is 0.273. The summed E-state index contributed by atoms with van der Waals surface area (Å²) in [5.74, 6) is 2.16. The highest BCUT2D eigenvalue weighted by Gasteiger charge is 2.26. The second-order valence-electron chi connectivity index (χ2n) is 7.62. The number of amides is 1. The minimum atomic E-state index is -0.0372. The van der Waals surface area contributed by atoms with Crippen molar-refractivity contribution in [2.24, 2.45) is 7.05 Å². The third-order valence-electron chi connectivity index (χ3n) is 5.65. The number of benzene rings is 1. The maximum absolute atomic E-state index is 13.2. The van der Waals surface area contributed by atoms with Crippen molar-refractivity contribution in [2.75, 3.05) is 38.2 Å². The van der Waals surface area contributed by atoms with Gasteiger partial charge in [0.25, 0.3) is 5.91 Å². The first-order valence-electron chi connectivity index (χ1n) is 10.5. The summed E-state index contributed by atoms with van der Waals surface area (Å²) in [7, 11) is 3.42. The van der Waals surface area contributed by atoms with Crippen molar-refractivity contribution in [2.45, 2.75) is 0 Å². The van der Waals surface area contributed by atoms with E-state index in [1.54, 1.807) is 29.8 Å². The molecule has 4 aromatic rings. The van der Waals surface area contributed by atoms with E-state index < -0.39 is 0 Å². The van der Waals surface area contributed by atoms with Crippen molar-refractivity contribution in [1.29, 1.82) is 0 Å². The molecular formula is C22H23N9O2. The van der Waals surface area contributed by atoms with Gasteiger partial charge in [0.1, 0.15) is 36.2 Å². The zero-order chi connectivity index (χ0) is 22.8. The predicted molar refractivity (Wildman–Crippen MR) is 120 cm³/mol. The maximum atomic E-state index is 13.2. The molecule has 33 heavy (non-hydrogen) atoms. The summed E-state index contributed by atoms with van der Waals surface area (Å²) >= 11 is 0. The molecule has 11 nitrogen and oxygen atoms in total. The van der Waals surface area contributed by atoms with Crippen LogP contribution in [0.5, 0.6) is 5.75 Å². The van der Waals surface area contributed by atoms with E-state index in [2.05, 4.69) is 30.0 Å². The summed E-state index contributed by atoms with van der Waals surface area (Å²) in [6.07, 6.45) is 4.57. The van der Waals surface area contributed by atoms with Crippen molar-refractivity contribution >= 4 is 11.7 Å². The molecule has 1 fully saturated rings. The quantitative estimate of drug-likeness (QED) is 0.454. The van der Waals surface area contributed by atoms with Crippen LogP contribution in [0.25, 0.3) is 17.1 Å². The number of nitrogens with zero attached hydrogens (tertiary/aromatic N) is 9. The van der Waals surface area contributed by atoms with Gasteiger partial charge < -0.3 is 14.5 Å². The number of anilines is 1. The molecule has 0 saturated carbocycles. The van der Waals surface area contributed by atoms with Gasteiger partial charge in [0.2, 0.25) is 0 Å². The number of carbonyl (C=O) groups excluding carboxylic acids is 1. The molecule has 0 N–H and O–H groups in total. The molecule has 0 unspecified atom stereocenters. The van der Waals surface area contributed by atoms with Crippen LogP contribution in [0, 0.1) is 0 Å². The van der Waals surface area contributed by atoms with Gasteiger partial charge in [0.05, 0.1) is 12.8 Å². The van der Waals surface area contributed by atoms with Crippen molar-refractivity contribution in [3.63, 3.8) is 0 Å². The molecule has 4 heterocycles. The van der Waals surface area contributed by atoms with Crippen molar-refractivity contribution in [3.05, 3.63) is 61.1 Å². The Morgan fingerprint density at radius 1 is 1.00 bits per heavy atom. The van der Waals surface area contributed by atoms with Crippen molar-refractivity contribution < 1.29 is 9.53 Å². The van der Waals surface area contributed by atoms with E-state index in [-0.39, 0.29) is 5.91 Å². The number of ether oxygens (including phenoxy) is 1. The molecule has 1 saturated heterocycles. The first kappa shape index (κ1) is 20.6. The lowest BCUT2D eigenvalue weighted by molar-refractivity contribution is 0.0735. The summed E-state index contributed by atoms with van der Waals surface area (Å²) in [5.41, 5.74) is 2.19. The summed E-state index contributed by atoms with van der Waals surface area (Å²) in [6, 6.07) is 11.3.